The molecule has 6 nitrogen and oxygen atoms in total. The van der Waals surface area contributed by atoms with E-state index in [0.29, 0.717) is 5.02 Å². The molecular weight excluding hydrogens is 381 g/mol. The van der Waals surface area contributed by atoms with Crippen LogP contribution in [0, 0.1) is 0 Å². The van der Waals surface area contributed by atoms with Gasteiger partial charge in [-0.1, -0.05) is 11.6 Å². The van der Waals surface area contributed by atoms with E-state index in [1.165, 1.54) is 0 Å². The van der Waals surface area contributed by atoms with Crippen LogP contribution < -0.4 is 5.32 Å². The average molecular weight is 406 g/mol. The second-order valence-corrected chi connectivity index (χ2v) is 7.76. The maximum atomic E-state index is 12.6. The zero-order valence-corrected chi connectivity index (χ0v) is 16.4. The predicted octanol–water partition coefficient (Wildman–Crippen LogP) is 3.42. The van der Waals surface area contributed by atoms with Crippen molar-refractivity contribution in [1.82, 2.24) is 24.6 Å². The van der Waals surface area contributed by atoms with Crippen LogP contribution in [0.4, 0.5) is 4.39 Å². The summed E-state index contributed by atoms with van der Waals surface area (Å²) in [5.74, 6) is 0. The summed E-state index contributed by atoms with van der Waals surface area (Å²) in [6.45, 7) is 1.55. The van der Waals surface area contributed by atoms with Crippen molar-refractivity contribution in [3.05, 3.63) is 35.7 Å². The highest BCUT2D eigenvalue weighted by molar-refractivity contribution is 6.31. The highest BCUT2D eigenvalue weighted by Gasteiger charge is 2.22. The molecule has 1 aliphatic rings. The van der Waals surface area contributed by atoms with E-state index < -0.39 is 6.67 Å². The lowest BCUT2D eigenvalue weighted by Crippen LogP contribution is -2.44. The Kier molecular flexibility index (Phi) is 5.94. The second-order valence-electron chi connectivity index (χ2n) is 7.32. The quantitative estimate of drug-likeness (QED) is 0.632. The predicted molar refractivity (Wildman–Crippen MR) is 108 cm³/mol. The van der Waals surface area contributed by atoms with Crippen LogP contribution in [0.2, 0.25) is 5.02 Å². The van der Waals surface area contributed by atoms with Crippen LogP contribution in [0.3, 0.4) is 0 Å². The molecule has 0 saturated carbocycles. The van der Waals surface area contributed by atoms with Crippen LogP contribution in [0.15, 0.2) is 30.7 Å². The fourth-order valence-corrected chi connectivity index (χ4v) is 4.18. The summed E-state index contributed by atoms with van der Waals surface area (Å²) in [6, 6.07) is 5.77. The number of halogens is 2. The van der Waals surface area contributed by atoms with Crippen LogP contribution in [-0.4, -0.2) is 49.8 Å². The molecule has 0 amide bonds. The van der Waals surface area contributed by atoms with Crippen molar-refractivity contribution in [1.29, 1.82) is 0 Å². The van der Waals surface area contributed by atoms with Crippen LogP contribution in [0.25, 0.3) is 22.3 Å². The van der Waals surface area contributed by atoms with Crippen molar-refractivity contribution in [2.45, 2.75) is 50.9 Å². The van der Waals surface area contributed by atoms with E-state index in [0.717, 1.165) is 61.1 Å². The summed E-state index contributed by atoms with van der Waals surface area (Å²) < 4.78 is 16.3. The van der Waals surface area contributed by atoms with Crippen molar-refractivity contribution in [3.63, 3.8) is 0 Å². The normalized spacial score (nSPS) is 20.1. The number of benzene rings is 1. The summed E-state index contributed by atoms with van der Waals surface area (Å²) in [6.07, 6.45) is 7.08. The maximum Gasteiger partial charge on any atom is 0.109 e. The molecule has 8 heteroatoms. The maximum absolute atomic E-state index is 12.6. The number of alkyl halides is 1. The molecule has 28 heavy (non-hydrogen) atoms. The molecule has 0 aliphatic carbocycles. The van der Waals surface area contributed by atoms with Gasteiger partial charge in [-0.05, 0) is 50.4 Å². The van der Waals surface area contributed by atoms with Gasteiger partial charge in [0.25, 0.3) is 0 Å². The minimum atomic E-state index is -0.453. The molecule has 3 aromatic rings. The van der Waals surface area contributed by atoms with Crippen LogP contribution >= 0.6 is 11.6 Å². The van der Waals surface area contributed by atoms with Crippen LogP contribution in [0.5, 0.6) is 0 Å². The zero-order chi connectivity index (χ0) is 19.5. The molecule has 1 aromatic carbocycles. The van der Waals surface area contributed by atoms with Crippen LogP contribution in [0.1, 0.15) is 25.7 Å². The molecule has 2 N–H and O–H groups in total. The third-order valence-electron chi connectivity index (χ3n) is 5.37. The number of aryl methyl sites for hydroxylation is 2. The Morgan fingerprint density at radius 2 is 2.21 bits per heavy atom. The fraction of sp³-hybridized carbons (Fsp3) is 0.500. The van der Waals surface area contributed by atoms with Crippen molar-refractivity contribution >= 4 is 22.6 Å². The Morgan fingerprint density at radius 1 is 1.32 bits per heavy atom. The highest BCUT2D eigenvalue weighted by Crippen LogP contribution is 2.31. The Labute approximate surface area is 168 Å². The number of nitrogens with one attached hydrogen (secondary N) is 1. The minimum absolute atomic E-state index is 0.161. The summed E-state index contributed by atoms with van der Waals surface area (Å²) in [4.78, 5) is 4.51. The van der Waals surface area contributed by atoms with Gasteiger partial charge in [-0.25, -0.2) is 9.37 Å². The molecule has 2 atom stereocenters. The third kappa shape index (κ3) is 4.06. The molecule has 2 aromatic heterocycles. The van der Waals surface area contributed by atoms with E-state index in [-0.39, 0.29) is 18.7 Å². The molecule has 1 fully saturated rings. The van der Waals surface area contributed by atoms with Gasteiger partial charge in [0.2, 0.25) is 0 Å². The topological polar surface area (TPSA) is 67.9 Å². The Bertz CT molecular complexity index is 940. The molecular formula is C20H25ClFN5O. The van der Waals surface area contributed by atoms with Gasteiger partial charge in [-0.2, -0.15) is 5.10 Å². The van der Waals surface area contributed by atoms with Crippen molar-refractivity contribution in [2.24, 2.45) is 0 Å². The van der Waals surface area contributed by atoms with Gasteiger partial charge in [-0.3, -0.25) is 4.68 Å². The van der Waals surface area contributed by atoms with Gasteiger partial charge in [-0.15, -0.1) is 0 Å². The largest absolute Gasteiger partial charge is 0.392 e. The average Bonchev–Trinajstić information content (AvgIpc) is 3.30. The molecule has 3 heterocycles. The number of rotatable bonds is 7. The van der Waals surface area contributed by atoms with Gasteiger partial charge in [0.05, 0.1) is 35.7 Å². The molecule has 0 unspecified atom stereocenters. The number of imidazole rings is 1. The number of aromatic nitrogens is 4. The minimum Gasteiger partial charge on any atom is -0.392 e. The lowest BCUT2D eigenvalue weighted by atomic mass is 9.97. The number of aliphatic hydroxyl groups is 1. The second kappa shape index (κ2) is 8.59. The lowest BCUT2D eigenvalue weighted by Gasteiger charge is -2.29. The molecule has 150 valence electrons. The first-order valence-corrected chi connectivity index (χ1v) is 10.2. The Balaban J connectivity index is 1.57. The number of hydrogen-bond donors (Lipinski definition) is 2. The number of fused-ring (bicyclic) bond motifs is 1. The van der Waals surface area contributed by atoms with Gasteiger partial charge >= 0.3 is 0 Å². The smallest absolute Gasteiger partial charge is 0.109 e. The first kappa shape index (κ1) is 19.4. The van der Waals surface area contributed by atoms with E-state index in [1.54, 1.807) is 10.9 Å². The van der Waals surface area contributed by atoms with Crippen molar-refractivity contribution < 1.29 is 9.50 Å². The molecule has 0 spiro atoms. The van der Waals surface area contributed by atoms with Gasteiger partial charge in [0.1, 0.15) is 6.67 Å². The van der Waals surface area contributed by atoms with Crippen molar-refractivity contribution in [2.75, 3.05) is 13.2 Å². The summed E-state index contributed by atoms with van der Waals surface area (Å²) >= 11 is 6.29. The number of nitrogens with zero attached hydrogens (tertiary/aromatic N) is 4. The van der Waals surface area contributed by atoms with E-state index in [2.05, 4.69) is 20.0 Å². The van der Waals surface area contributed by atoms with E-state index in [9.17, 15) is 9.50 Å². The molecule has 1 saturated heterocycles. The monoisotopic (exact) mass is 405 g/mol. The first-order chi connectivity index (χ1) is 13.7. The fourth-order valence-electron chi connectivity index (χ4n) is 3.97. The van der Waals surface area contributed by atoms with E-state index in [4.69, 9.17) is 11.6 Å². The van der Waals surface area contributed by atoms with Gasteiger partial charge < -0.3 is 15.0 Å². The third-order valence-corrected chi connectivity index (χ3v) is 5.59. The molecule has 4 rings (SSSR count). The Hall–Kier alpha value is -1.96. The number of piperidine rings is 1. The first-order valence-electron chi connectivity index (χ1n) is 9.81. The number of hydrogen-bond acceptors (Lipinski definition) is 4. The van der Waals surface area contributed by atoms with Crippen LogP contribution in [-0.2, 0) is 13.1 Å². The molecule has 1 aliphatic heterocycles. The standard InChI is InChI=1S/C20H25ClFN5O/c21-14-11-15(16-5-9-27(25-16)10-6-22)20-18(12-14)24-13-26(20)8-2-3-17-19(28)4-1-7-23-17/h5,9,11-13,17,19,23,28H,1-4,6-8,10H2/t17-,19+/m1/s1. The zero-order valence-electron chi connectivity index (χ0n) is 15.7. The molecule has 0 radical (unpaired) electrons. The van der Waals surface area contributed by atoms with Crippen molar-refractivity contribution in [3.8, 4) is 11.3 Å². The Morgan fingerprint density at radius 3 is 3.04 bits per heavy atom. The molecule has 0 bridgehead atoms. The van der Waals surface area contributed by atoms with Gasteiger partial charge in [0, 0.05) is 29.4 Å². The summed E-state index contributed by atoms with van der Waals surface area (Å²) in [5, 5.41) is 18.6. The van der Waals surface area contributed by atoms with E-state index in [1.807, 2.05) is 24.5 Å². The number of aliphatic hydroxyl groups excluding tert-OH is 1. The summed E-state index contributed by atoms with van der Waals surface area (Å²) in [7, 11) is 0. The SMILES string of the molecule is O[C@H]1CCCN[C@@H]1CCCn1cnc2cc(Cl)cc(-c3ccn(CCF)n3)c21. The highest BCUT2D eigenvalue weighted by atomic mass is 35.5. The summed E-state index contributed by atoms with van der Waals surface area (Å²) in [5.41, 5.74) is 3.45. The van der Waals surface area contributed by atoms with E-state index >= 15 is 0 Å². The lowest BCUT2D eigenvalue weighted by molar-refractivity contribution is 0.0909. The van der Waals surface area contributed by atoms with Gasteiger partial charge in [0.15, 0.2) is 0 Å².